The summed E-state index contributed by atoms with van der Waals surface area (Å²) in [5.74, 6) is -0.357. The van der Waals surface area contributed by atoms with Crippen LogP contribution < -0.4 is 4.74 Å². The first-order valence-corrected chi connectivity index (χ1v) is 13.3. The second-order valence-corrected chi connectivity index (χ2v) is 11.4. The first kappa shape index (κ1) is 26.2. The van der Waals surface area contributed by atoms with E-state index in [1.54, 1.807) is 0 Å². The number of benzene rings is 3. The van der Waals surface area contributed by atoms with Gasteiger partial charge in [-0.05, 0) is 128 Å². The van der Waals surface area contributed by atoms with Gasteiger partial charge in [0.1, 0.15) is 18.2 Å². The summed E-state index contributed by atoms with van der Waals surface area (Å²) < 4.78 is 21.1. The second kappa shape index (κ2) is 9.70. The number of carbonyl (C=O) groups is 1. The molecule has 2 N–H and O–H groups in total. The van der Waals surface area contributed by atoms with E-state index in [9.17, 15) is 19.4 Å². The topological polar surface area (TPSA) is 66.8 Å². The van der Waals surface area contributed by atoms with Crippen LogP contribution in [-0.2, 0) is 30.7 Å². The maximum Gasteiger partial charge on any atom is 0.332 e. The molecule has 0 aliphatic heterocycles. The van der Waals surface area contributed by atoms with Crippen LogP contribution in [0.15, 0.2) is 48.0 Å². The minimum atomic E-state index is -0.821. The Bertz CT molecular complexity index is 1450. The number of fused-ring (bicyclic) bond motifs is 3. The van der Waals surface area contributed by atoms with Crippen molar-refractivity contribution in [2.24, 2.45) is 5.92 Å². The van der Waals surface area contributed by atoms with Gasteiger partial charge in [-0.25, -0.2) is 9.18 Å². The molecule has 0 saturated carbocycles. The fourth-order valence-electron chi connectivity index (χ4n) is 5.89. The van der Waals surface area contributed by atoms with Gasteiger partial charge in [-0.1, -0.05) is 25.1 Å². The zero-order chi connectivity index (χ0) is 27.4. The zero-order valence-corrected chi connectivity index (χ0v) is 22.7. The molecule has 0 radical (unpaired) electrons. The monoisotopic (exact) mass is 514 g/mol. The highest BCUT2D eigenvalue weighted by molar-refractivity contribution is 6.11. The number of carboxylic acid groups (broad SMARTS) is 1. The van der Waals surface area contributed by atoms with E-state index in [0.29, 0.717) is 24.0 Å². The lowest BCUT2D eigenvalue weighted by Crippen LogP contribution is -2.19. The molecule has 0 bridgehead atoms. The summed E-state index contributed by atoms with van der Waals surface area (Å²) >= 11 is 0. The SMILES string of the molecule is CCc1cc2c(cc1OCc1cc(-c3c(C)cc(CCC(C)(C)O)cc3C)ccc1F)CC1C(C(=O)O)=C21. The van der Waals surface area contributed by atoms with E-state index in [0.717, 1.165) is 63.1 Å². The van der Waals surface area contributed by atoms with Gasteiger partial charge in [-0.2, -0.15) is 0 Å². The Hall–Kier alpha value is -3.44. The molecule has 5 heteroatoms. The van der Waals surface area contributed by atoms with Crippen molar-refractivity contribution in [3.63, 3.8) is 0 Å². The number of hydrogen-bond acceptors (Lipinski definition) is 3. The van der Waals surface area contributed by atoms with Crippen molar-refractivity contribution in [2.45, 2.75) is 72.5 Å². The Morgan fingerprint density at radius 2 is 1.79 bits per heavy atom. The van der Waals surface area contributed by atoms with Gasteiger partial charge in [0.25, 0.3) is 0 Å². The highest BCUT2D eigenvalue weighted by Crippen LogP contribution is 2.56. The molecule has 0 aromatic heterocycles. The summed E-state index contributed by atoms with van der Waals surface area (Å²) in [6.07, 6.45) is 2.92. The van der Waals surface area contributed by atoms with E-state index in [1.807, 2.05) is 39.0 Å². The maximum absolute atomic E-state index is 14.9. The quantitative estimate of drug-likeness (QED) is 0.323. The van der Waals surface area contributed by atoms with Gasteiger partial charge >= 0.3 is 5.97 Å². The van der Waals surface area contributed by atoms with Gasteiger partial charge in [-0.3, -0.25) is 0 Å². The summed E-state index contributed by atoms with van der Waals surface area (Å²) in [4.78, 5) is 11.4. The summed E-state index contributed by atoms with van der Waals surface area (Å²) in [6.45, 7) is 9.94. The van der Waals surface area contributed by atoms with Crippen molar-refractivity contribution >= 4 is 11.5 Å². The van der Waals surface area contributed by atoms with Crippen LogP contribution in [0.25, 0.3) is 16.7 Å². The van der Waals surface area contributed by atoms with Crippen molar-refractivity contribution in [2.75, 3.05) is 0 Å². The summed E-state index contributed by atoms with van der Waals surface area (Å²) in [5.41, 5.74) is 9.89. The van der Waals surface area contributed by atoms with Crippen LogP contribution in [0, 0.1) is 25.6 Å². The molecule has 0 spiro atoms. The lowest BCUT2D eigenvalue weighted by molar-refractivity contribution is -0.132. The Morgan fingerprint density at radius 1 is 1.08 bits per heavy atom. The normalized spacial score (nSPS) is 15.9. The van der Waals surface area contributed by atoms with Crippen molar-refractivity contribution in [1.29, 1.82) is 0 Å². The van der Waals surface area contributed by atoms with E-state index in [1.165, 1.54) is 11.6 Å². The van der Waals surface area contributed by atoms with E-state index in [2.05, 4.69) is 32.0 Å². The van der Waals surface area contributed by atoms with E-state index < -0.39 is 11.6 Å². The fourth-order valence-corrected chi connectivity index (χ4v) is 5.89. The summed E-state index contributed by atoms with van der Waals surface area (Å²) in [5, 5.41) is 19.5. The first-order chi connectivity index (χ1) is 18.0. The molecule has 3 aromatic carbocycles. The molecule has 2 aliphatic carbocycles. The number of hydrogen-bond donors (Lipinski definition) is 2. The van der Waals surface area contributed by atoms with Crippen molar-refractivity contribution in [3.8, 4) is 16.9 Å². The van der Waals surface area contributed by atoms with E-state index in [-0.39, 0.29) is 18.3 Å². The molecule has 4 nitrogen and oxygen atoms in total. The minimum absolute atomic E-state index is 0.0320. The number of allylic oxidation sites excluding steroid dienone is 1. The number of carboxylic acids is 1. The van der Waals surface area contributed by atoms with Crippen LogP contribution in [-0.4, -0.2) is 21.8 Å². The molecular formula is C33H35FO4. The molecule has 198 valence electrons. The molecule has 1 atom stereocenters. The van der Waals surface area contributed by atoms with E-state index >= 15 is 0 Å². The van der Waals surface area contributed by atoms with Gasteiger partial charge in [0.15, 0.2) is 0 Å². The van der Waals surface area contributed by atoms with Gasteiger partial charge in [0.05, 0.1) is 5.60 Å². The number of rotatable bonds is 9. The molecular weight excluding hydrogens is 479 g/mol. The smallest absolute Gasteiger partial charge is 0.332 e. The van der Waals surface area contributed by atoms with Gasteiger partial charge in [-0.15, -0.1) is 0 Å². The highest BCUT2D eigenvalue weighted by Gasteiger charge is 2.47. The van der Waals surface area contributed by atoms with Crippen LogP contribution in [0.1, 0.15) is 66.1 Å². The Kier molecular flexibility index (Phi) is 6.68. The molecule has 2 aliphatic rings. The third kappa shape index (κ3) is 5.00. The third-order valence-electron chi connectivity index (χ3n) is 7.85. The van der Waals surface area contributed by atoms with Crippen LogP contribution in [0.5, 0.6) is 5.75 Å². The predicted octanol–water partition coefficient (Wildman–Crippen LogP) is 6.98. The second-order valence-electron chi connectivity index (χ2n) is 11.4. The number of aryl methyl sites for hydroxylation is 4. The Balaban J connectivity index is 1.38. The Morgan fingerprint density at radius 3 is 2.42 bits per heavy atom. The van der Waals surface area contributed by atoms with Crippen LogP contribution in [0.2, 0.25) is 0 Å². The zero-order valence-electron chi connectivity index (χ0n) is 22.7. The number of ether oxygens (including phenoxy) is 1. The number of halogens is 1. The lowest BCUT2D eigenvalue weighted by Gasteiger charge is -2.19. The summed E-state index contributed by atoms with van der Waals surface area (Å²) in [6, 6.07) is 13.6. The van der Waals surface area contributed by atoms with Crippen LogP contribution in [0.4, 0.5) is 4.39 Å². The fraction of sp³-hybridized carbons (Fsp3) is 0.364. The number of aliphatic hydroxyl groups is 1. The molecule has 0 fully saturated rings. The van der Waals surface area contributed by atoms with Gasteiger partial charge < -0.3 is 14.9 Å². The van der Waals surface area contributed by atoms with E-state index in [4.69, 9.17) is 4.74 Å². The van der Waals surface area contributed by atoms with Crippen molar-refractivity contribution in [1.82, 2.24) is 0 Å². The largest absolute Gasteiger partial charge is 0.489 e. The predicted molar refractivity (Wildman–Crippen MR) is 148 cm³/mol. The van der Waals surface area contributed by atoms with Gasteiger partial charge in [0.2, 0.25) is 0 Å². The molecule has 3 aromatic rings. The van der Waals surface area contributed by atoms with Crippen molar-refractivity contribution in [3.05, 3.63) is 92.8 Å². The van der Waals surface area contributed by atoms with Crippen LogP contribution >= 0.6 is 0 Å². The molecule has 0 amide bonds. The molecule has 38 heavy (non-hydrogen) atoms. The molecule has 0 heterocycles. The van der Waals surface area contributed by atoms with Gasteiger partial charge in [0, 0.05) is 17.1 Å². The molecule has 5 rings (SSSR count). The van der Waals surface area contributed by atoms with Crippen molar-refractivity contribution < 1.29 is 24.1 Å². The third-order valence-corrected chi connectivity index (χ3v) is 7.85. The maximum atomic E-state index is 14.9. The average molecular weight is 515 g/mol. The molecule has 0 saturated heterocycles. The average Bonchev–Trinajstić information content (AvgIpc) is 3.45. The summed E-state index contributed by atoms with van der Waals surface area (Å²) in [7, 11) is 0. The standard InChI is InChI=1S/C33H35FO4/c1-6-21-14-25-23(15-26-30(25)31(26)32(35)36)16-28(21)38-17-24-13-22(7-8-27(24)34)29-18(2)11-20(12-19(29)3)9-10-33(4,5)37/h7-8,11-14,16,26,37H,6,9-10,15,17H2,1-5H3,(H,35,36). The molecule has 1 unspecified atom stereocenters. The first-order valence-electron chi connectivity index (χ1n) is 13.3. The minimum Gasteiger partial charge on any atom is -0.489 e. The lowest BCUT2D eigenvalue weighted by atomic mass is 9.90. The Labute approximate surface area is 223 Å². The van der Waals surface area contributed by atoms with Crippen LogP contribution in [0.3, 0.4) is 0 Å². The number of aliphatic carboxylic acids is 1. The highest BCUT2D eigenvalue weighted by atomic mass is 19.1.